The Balaban J connectivity index is 1.51. The molecule has 158 valence electrons. The Morgan fingerprint density at radius 2 is 1.80 bits per heavy atom. The highest BCUT2D eigenvalue weighted by atomic mass is 32.1. The Labute approximate surface area is 179 Å². The summed E-state index contributed by atoms with van der Waals surface area (Å²) in [6, 6.07) is 4.67. The minimum absolute atomic E-state index is 0.0340. The lowest BCUT2D eigenvalue weighted by molar-refractivity contribution is 0.0549. The van der Waals surface area contributed by atoms with Gasteiger partial charge in [0.1, 0.15) is 5.01 Å². The Bertz CT molecular complexity index is 977. The zero-order chi connectivity index (χ0) is 21.3. The first kappa shape index (κ1) is 20.7. The van der Waals surface area contributed by atoms with Gasteiger partial charge in [-0.1, -0.05) is 44.4 Å². The van der Waals surface area contributed by atoms with Crippen molar-refractivity contribution in [2.45, 2.75) is 70.8 Å². The van der Waals surface area contributed by atoms with Crippen LogP contribution in [-0.2, 0) is 0 Å². The molecule has 1 aliphatic carbocycles. The van der Waals surface area contributed by atoms with E-state index >= 15 is 0 Å². The van der Waals surface area contributed by atoms with Crippen LogP contribution in [0.3, 0.4) is 0 Å². The van der Waals surface area contributed by atoms with Gasteiger partial charge < -0.3 is 0 Å². The van der Waals surface area contributed by atoms with Crippen molar-refractivity contribution in [3.05, 3.63) is 39.9 Å². The lowest BCUT2D eigenvalue weighted by atomic mass is 9.94. The van der Waals surface area contributed by atoms with E-state index in [0.29, 0.717) is 27.7 Å². The van der Waals surface area contributed by atoms with E-state index < -0.39 is 0 Å². The highest BCUT2D eigenvalue weighted by Crippen LogP contribution is 2.32. The number of fused-ring (bicyclic) bond motifs is 1. The summed E-state index contributed by atoms with van der Waals surface area (Å²) in [5, 5.41) is 12.4. The van der Waals surface area contributed by atoms with Gasteiger partial charge in [-0.15, -0.1) is 10.2 Å². The van der Waals surface area contributed by atoms with Crippen LogP contribution in [0.25, 0.3) is 0 Å². The van der Waals surface area contributed by atoms with Gasteiger partial charge >= 0.3 is 0 Å². The van der Waals surface area contributed by atoms with Gasteiger partial charge in [0, 0.05) is 17.5 Å². The second-order valence-electron chi connectivity index (χ2n) is 7.95. The minimum Gasteiger partial charge on any atom is -0.296 e. The SMILES string of the molecule is CCC(CC)c1nnc(NC(=O)c2ccc3c(c2)C(=O)N(C2CCCCC2)C3=O)s1. The number of amides is 3. The van der Waals surface area contributed by atoms with Crippen molar-refractivity contribution in [3.8, 4) is 0 Å². The fourth-order valence-electron chi connectivity index (χ4n) is 4.33. The van der Waals surface area contributed by atoms with Crippen molar-refractivity contribution in [2.75, 3.05) is 5.32 Å². The first-order valence-electron chi connectivity index (χ1n) is 10.7. The van der Waals surface area contributed by atoms with Crippen LogP contribution in [-0.4, -0.2) is 38.9 Å². The largest absolute Gasteiger partial charge is 0.296 e. The van der Waals surface area contributed by atoms with Crippen molar-refractivity contribution in [1.29, 1.82) is 0 Å². The molecule has 1 aliphatic heterocycles. The molecule has 7 nitrogen and oxygen atoms in total. The summed E-state index contributed by atoms with van der Waals surface area (Å²) in [6.07, 6.45) is 6.87. The molecule has 2 heterocycles. The average molecular weight is 427 g/mol. The van der Waals surface area contributed by atoms with Crippen molar-refractivity contribution < 1.29 is 14.4 Å². The number of anilines is 1. The summed E-state index contributed by atoms with van der Waals surface area (Å²) >= 11 is 1.38. The van der Waals surface area contributed by atoms with Crippen LogP contribution in [0.15, 0.2) is 18.2 Å². The number of benzene rings is 1. The summed E-state index contributed by atoms with van der Waals surface area (Å²) in [7, 11) is 0. The standard InChI is InChI=1S/C22H26N4O3S/c1-3-13(4-2)19-24-25-22(30-19)23-18(27)14-10-11-16-17(12-14)21(29)26(20(16)28)15-8-6-5-7-9-15/h10-13,15H,3-9H2,1-2H3,(H,23,25,27). The highest BCUT2D eigenvalue weighted by Gasteiger charge is 2.40. The fourth-order valence-corrected chi connectivity index (χ4v) is 5.33. The number of rotatable bonds is 6. The molecule has 1 saturated carbocycles. The molecule has 3 amide bonds. The third-order valence-electron chi connectivity index (χ3n) is 6.12. The molecule has 2 aromatic rings. The average Bonchev–Trinajstić information content (AvgIpc) is 3.32. The molecule has 1 aromatic heterocycles. The van der Waals surface area contributed by atoms with Crippen LogP contribution in [0, 0.1) is 0 Å². The predicted octanol–water partition coefficient (Wildman–Crippen LogP) is 4.62. The normalized spacial score (nSPS) is 17.0. The topological polar surface area (TPSA) is 92.3 Å². The fraction of sp³-hybridized carbons (Fsp3) is 0.500. The Hall–Kier alpha value is -2.61. The van der Waals surface area contributed by atoms with Crippen LogP contribution in [0.2, 0.25) is 0 Å². The van der Waals surface area contributed by atoms with Crippen molar-refractivity contribution in [3.63, 3.8) is 0 Å². The summed E-state index contributed by atoms with van der Waals surface area (Å²) in [6.45, 7) is 4.21. The molecule has 0 unspecified atom stereocenters. The van der Waals surface area contributed by atoms with E-state index in [2.05, 4.69) is 29.4 Å². The molecule has 1 N–H and O–H groups in total. The third-order valence-corrected chi connectivity index (χ3v) is 7.12. The molecule has 1 fully saturated rings. The number of imide groups is 1. The zero-order valence-electron chi connectivity index (χ0n) is 17.3. The van der Waals surface area contributed by atoms with E-state index in [1.54, 1.807) is 12.1 Å². The molecule has 0 radical (unpaired) electrons. The van der Waals surface area contributed by atoms with Crippen LogP contribution in [0.1, 0.15) is 101 Å². The molecule has 0 bridgehead atoms. The quantitative estimate of drug-likeness (QED) is 0.680. The molecule has 8 heteroatoms. The van der Waals surface area contributed by atoms with Gasteiger partial charge in [0.05, 0.1) is 11.1 Å². The van der Waals surface area contributed by atoms with E-state index in [1.807, 2.05) is 0 Å². The van der Waals surface area contributed by atoms with E-state index in [0.717, 1.165) is 50.0 Å². The monoisotopic (exact) mass is 426 g/mol. The van der Waals surface area contributed by atoms with Crippen LogP contribution < -0.4 is 5.32 Å². The van der Waals surface area contributed by atoms with Gasteiger partial charge in [0.2, 0.25) is 5.13 Å². The van der Waals surface area contributed by atoms with Gasteiger partial charge in [-0.05, 0) is 43.9 Å². The first-order valence-corrected chi connectivity index (χ1v) is 11.5. The summed E-state index contributed by atoms with van der Waals surface area (Å²) in [5.41, 5.74) is 1.03. The van der Waals surface area contributed by atoms with Crippen molar-refractivity contribution in [2.24, 2.45) is 0 Å². The number of nitrogens with zero attached hydrogens (tertiary/aromatic N) is 3. The van der Waals surface area contributed by atoms with Gasteiger partial charge in [-0.2, -0.15) is 0 Å². The molecule has 1 aromatic carbocycles. The number of hydrogen-bond donors (Lipinski definition) is 1. The number of aromatic nitrogens is 2. The smallest absolute Gasteiger partial charge is 0.261 e. The molecule has 4 rings (SSSR count). The Morgan fingerprint density at radius 1 is 1.10 bits per heavy atom. The molecule has 0 atom stereocenters. The Kier molecular flexibility index (Phi) is 5.94. The summed E-state index contributed by atoms with van der Waals surface area (Å²) in [4.78, 5) is 39.8. The second kappa shape index (κ2) is 8.63. The minimum atomic E-state index is -0.360. The Morgan fingerprint density at radius 3 is 2.50 bits per heavy atom. The maximum Gasteiger partial charge on any atom is 0.261 e. The maximum absolute atomic E-state index is 12.9. The summed E-state index contributed by atoms with van der Waals surface area (Å²) < 4.78 is 0. The lowest BCUT2D eigenvalue weighted by Crippen LogP contribution is -2.40. The van der Waals surface area contributed by atoms with Crippen molar-refractivity contribution in [1.82, 2.24) is 15.1 Å². The number of carbonyl (C=O) groups is 3. The first-order chi connectivity index (χ1) is 14.5. The van der Waals surface area contributed by atoms with E-state index in [9.17, 15) is 14.4 Å². The van der Waals surface area contributed by atoms with Crippen molar-refractivity contribution >= 4 is 34.2 Å². The molecule has 0 saturated heterocycles. The number of hydrogen-bond acceptors (Lipinski definition) is 6. The number of carbonyl (C=O) groups excluding carboxylic acids is 3. The zero-order valence-corrected chi connectivity index (χ0v) is 18.1. The van der Waals surface area contributed by atoms with Crippen LogP contribution in [0.5, 0.6) is 0 Å². The molecule has 30 heavy (non-hydrogen) atoms. The molecular weight excluding hydrogens is 400 g/mol. The summed E-state index contributed by atoms with van der Waals surface area (Å²) in [5.74, 6) is -0.555. The van der Waals surface area contributed by atoms with E-state index in [4.69, 9.17) is 0 Å². The number of nitrogens with one attached hydrogen (secondary N) is 1. The van der Waals surface area contributed by atoms with Crippen LogP contribution >= 0.6 is 11.3 Å². The van der Waals surface area contributed by atoms with E-state index in [1.165, 1.54) is 22.3 Å². The van der Waals surface area contributed by atoms with Gasteiger partial charge in [0.15, 0.2) is 0 Å². The lowest BCUT2D eigenvalue weighted by Gasteiger charge is -2.29. The van der Waals surface area contributed by atoms with Crippen LogP contribution in [0.4, 0.5) is 5.13 Å². The van der Waals surface area contributed by atoms with Gasteiger partial charge in [-0.25, -0.2) is 0 Å². The van der Waals surface area contributed by atoms with Gasteiger partial charge in [-0.3, -0.25) is 24.6 Å². The molecule has 0 spiro atoms. The maximum atomic E-state index is 12.9. The highest BCUT2D eigenvalue weighted by molar-refractivity contribution is 7.15. The van der Waals surface area contributed by atoms with Gasteiger partial charge in [0.25, 0.3) is 17.7 Å². The molecular formula is C22H26N4O3S. The molecule has 2 aliphatic rings. The second-order valence-corrected chi connectivity index (χ2v) is 8.95. The van der Waals surface area contributed by atoms with E-state index in [-0.39, 0.29) is 23.8 Å². The third kappa shape index (κ3) is 3.76. The predicted molar refractivity (Wildman–Crippen MR) is 115 cm³/mol.